The molecule has 33 heavy (non-hydrogen) atoms. The number of anilines is 2. The third-order valence-corrected chi connectivity index (χ3v) is 7.13. The molecule has 5 nitrogen and oxygen atoms in total. The molecule has 0 spiro atoms. The molecule has 4 rings (SSSR count). The molecule has 0 unspecified atom stereocenters. The van der Waals surface area contributed by atoms with Gasteiger partial charge in [-0.3, -0.25) is 4.79 Å². The Hall–Kier alpha value is -3.27. The van der Waals surface area contributed by atoms with Crippen molar-refractivity contribution in [2.75, 3.05) is 42.9 Å². The Morgan fingerprint density at radius 1 is 1.00 bits per heavy atom. The zero-order valence-corrected chi connectivity index (χ0v) is 19.9. The molecule has 3 aromatic carbocycles. The lowest BCUT2D eigenvalue weighted by Crippen LogP contribution is -2.46. The molecule has 1 N–H and O–H groups in total. The van der Waals surface area contributed by atoms with Crippen LogP contribution in [0.2, 0.25) is 0 Å². The summed E-state index contributed by atoms with van der Waals surface area (Å²) in [6.45, 7) is 9.61. The number of nitrogens with zero attached hydrogens (tertiary/aromatic N) is 3. The summed E-state index contributed by atoms with van der Waals surface area (Å²) in [5.74, 6) is -0.156. The Morgan fingerprint density at radius 2 is 1.70 bits per heavy atom. The van der Waals surface area contributed by atoms with Crippen LogP contribution in [-0.2, 0) is 0 Å². The van der Waals surface area contributed by atoms with E-state index >= 15 is 0 Å². The quantitative estimate of drug-likeness (QED) is 0.537. The lowest BCUT2D eigenvalue weighted by Gasteiger charge is -2.36. The van der Waals surface area contributed by atoms with Crippen LogP contribution in [0.4, 0.5) is 11.4 Å². The van der Waals surface area contributed by atoms with Crippen molar-refractivity contribution in [3.05, 3.63) is 83.4 Å². The predicted molar refractivity (Wildman–Crippen MR) is 135 cm³/mol. The van der Waals surface area contributed by atoms with E-state index in [-0.39, 0.29) is 5.91 Å². The van der Waals surface area contributed by atoms with Crippen molar-refractivity contribution >= 4 is 29.0 Å². The van der Waals surface area contributed by atoms with Gasteiger partial charge >= 0.3 is 0 Å². The number of aryl methyl sites for hydroxylation is 1. The molecule has 0 bridgehead atoms. The SMILES string of the molecule is CCN1CCN(c2ccc(NC(=O)c3ccccc3Sc3ccccc3C#N)cc2C)CC1. The molecule has 1 aliphatic heterocycles. The third-order valence-electron chi connectivity index (χ3n) is 5.97. The van der Waals surface area contributed by atoms with Gasteiger partial charge in [0, 0.05) is 47.3 Å². The number of carbonyl (C=O) groups excluding carboxylic acids is 1. The van der Waals surface area contributed by atoms with E-state index in [0.717, 1.165) is 53.8 Å². The van der Waals surface area contributed by atoms with E-state index in [2.05, 4.69) is 41.1 Å². The Morgan fingerprint density at radius 3 is 2.39 bits per heavy atom. The number of likely N-dealkylation sites (N-methyl/N-ethyl adjacent to an activating group) is 1. The number of nitriles is 1. The van der Waals surface area contributed by atoms with Gasteiger partial charge in [-0.2, -0.15) is 5.26 Å². The first-order chi connectivity index (χ1) is 16.1. The average Bonchev–Trinajstić information content (AvgIpc) is 2.85. The highest BCUT2D eigenvalue weighted by Gasteiger charge is 2.18. The van der Waals surface area contributed by atoms with E-state index in [4.69, 9.17) is 0 Å². The Balaban J connectivity index is 1.49. The summed E-state index contributed by atoms with van der Waals surface area (Å²) < 4.78 is 0. The first-order valence-electron chi connectivity index (χ1n) is 11.2. The molecule has 168 valence electrons. The summed E-state index contributed by atoms with van der Waals surface area (Å²) in [4.78, 5) is 19.7. The van der Waals surface area contributed by atoms with Gasteiger partial charge in [-0.25, -0.2) is 0 Å². The molecule has 0 atom stereocenters. The van der Waals surface area contributed by atoms with Crippen LogP contribution in [0.1, 0.15) is 28.4 Å². The lowest BCUT2D eigenvalue weighted by molar-refractivity contribution is 0.102. The van der Waals surface area contributed by atoms with Crippen molar-refractivity contribution in [2.24, 2.45) is 0 Å². The summed E-state index contributed by atoms with van der Waals surface area (Å²) in [5.41, 5.74) is 4.36. The summed E-state index contributed by atoms with van der Waals surface area (Å²) >= 11 is 1.44. The van der Waals surface area contributed by atoms with Crippen LogP contribution in [0.3, 0.4) is 0 Å². The highest BCUT2D eigenvalue weighted by atomic mass is 32.2. The summed E-state index contributed by atoms with van der Waals surface area (Å²) in [7, 11) is 0. The molecule has 0 aliphatic carbocycles. The first kappa shape index (κ1) is 22.9. The van der Waals surface area contributed by atoms with Gasteiger partial charge in [0.25, 0.3) is 5.91 Å². The van der Waals surface area contributed by atoms with Crippen LogP contribution >= 0.6 is 11.8 Å². The number of rotatable bonds is 6. The van der Waals surface area contributed by atoms with Gasteiger partial charge in [0.15, 0.2) is 0 Å². The Labute approximate surface area is 200 Å². The Kier molecular flexibility index (Phi) is 7.33. The van der Waals surface area contributed by atoms with Crippen LogP contribution in [-0.4, -0.2) is 43.5 Å². The number of hydrogen-bond acceptors (Lipinski definition) is 5. The zero-order valence-electron chi connectivity index (χ0n) is 19.0. The summed E-state index contributed by atoms with van der Waals surface area (Å²) in [5, 5.41) is 12.4. The van der Waals surface area contributed by atoms with Gasteiger partial charge in [0.1, 0.15) is 6.07 Å². The standard InChI is InChI=1S/C27H28N4OS/c1-3-30-14-16-31(17-15-30)24-13-12-22(18-20(24)2)29-27(32)23-9-5-7-11-26(23)33-25-10-6-4-8-21(25)19-28/h4-13,18H,3,14-17H2,1-2H3,(H,29,32). The summed E-state index contributed by atoms with van der Waals surface area (Å²) in [6, 6.07) is 23.3. The van der Waals surface area contributed by atoms with Crippen LogP contribution in [0, 0.1) is 18.3 Å². The molecule has 1 aliphatic rings. The molecular formula is C27H28N4OS. The monoisotopic (exact) mass is 456 g/mol. The normalized spacial score (nSPS) is 14.0. The predicted octanol–water partition coefficient (Wildman–Crippen LogP) is 5.41. The van der Waals surface area contributed by atoms with E-state index in [9.17, 15) is 10.1 Å². The highest BCUT2D eigenvalue weighted by Crippen LogP contribution is 2.33. The van der Waals surface area contributed by atoms with Crippen molar-refractivity contribution in [3.8, 4) is 6.07 Å². The van der Waals surface area contributed by atoms with E-state index in [1.165, 1.54) is 17.4 Å². The maximum Gasteiger partial charge on any atom is 0.256 e. The van der Waals surface area contributed by atoms with Gasteiger partial charge in [0.2, 0.25) is 0 Å². The van der Waals surface area contributed by atoms with Crippen molar-refractivity contribution in [1.82, 2.24) is 4.90 Å². The van der Waals surface area contributed by atoms with Crippen molar-refractivity contribution in [2.45, 2.75) is 23.6 Å². The lowest BCUT2D eigenvalue weighted by atomic mass is 10.1. The molecule has 1 fully saturated rings. The second-order valence-corrected chi connectivity index (χ2v) is 9.17. The molecule has 6 heteroatoms. The van der Waals surface area contributed by atoms with Crippen molar-refractivity contribution < 1.29 is 4.79 Å². The van der Waals surface area contributed by atoms with Gasteiger partial charge in [0.05, 0.1) is 11.1 Å². The maximum absolute atomic E-state index is 13.1. The van der Waals surface area contributed by atoms with E-state index in [0.29, 0.717) is 11.1 Å². The van der Waals surface area contributed by atoms with Crippen LogP contribution in [0.5, 0.6) is 0 Å². The molecule has 3 aromatic rings. The number of carbonyl (C=O) groups is 1. The van der Waals surface area contributed by atoms with Gasteiger partial charge in [-0.15, -0.1) is 0 Å². The number of benzene rings is 3. The smallest absolute Gasteiger partial charge is 0.256 e. The van der Waals surface area contributed by atoms with Gasteiger partial charge in [-0.05, 0) is 61.5 Å². The minimum absolute atomic E-state index is 0.156. The van der Waals surface area contributed by atoms with Crippen LogP contribution in [0.25, 0.3) is 0 Å². The third kappa shape index (κ3) is 5.39. The van der Waals surface area contributed by atoms with E-state index < -0.39 is 0 Å². The fourth-order valence-electron chi connectivity index (χ4n) is 4.10. The fraction of sp³-hybridized carbons (Fsp3) is 0.259. The number of hydrogen-bond donors (Lipinski definition) is 1. The molecule has 0 radical (unpaired) electrons. The molecule has 0 saturated carbocycles. The van der Waals surface area contributed by atoms with Gasteiger partial charge in [-0.1, -0.05) is 43.0 Å². The average molecular weight is 457 g/mol. The molecule has 1 saturated heterocycles. The molecule has 1 heterocycles. The fourth-order valence-corrected chi connectivity index (χ4v) is 5.13. The van der Waals surface area contributed by atoms with Crippen molar-refractivity contribution in [1.29, 1.82) is 5.26 Å². The topological polar surface area (TPSA) is 59.4 Å². The maximum atomic E-state index is 13.1. The van der Waals surface area contributed by atoms with Crippen molar-refractivity contribution in [3.63, 3.8) is 0 Å². The molecule has 1 amide bonds. The largest absolute Gasteiger partial charge is 0.369 e. The molecular weight excluding hydrogens is 428 g/mol. The van der Waals surface area contributed by atoms with E-state index in [1.54, 1.807) is 6.07 Å². The second-order valence-electron chi connectivity index (χ2n) is 8.08. The highest BCUT2D eigenvalue weighted by molar-refractivity contribution is 7.99. The zero-order chi connectivity index (χ0) is 23.2. The number of piperazine rings is 1. The first-order valence-corrected chi connectivity index (χ1v) is 12.1. The van der Waals surface area contributed by atoms with Crippen LogP contribution in [0.15, 0.2) is 76.5 Å². The minimum atomic E-state index is -0.156. The number of amides is 1. The minimum Gasteiger partial charge on any atom is -0.369 e. The Bertz CT molecular complexity index is 1180. The van der Waals surface area contributed by atoms with Crippen LogP contribution < -0.4 is 10.2 Å². The second kappa shape index (κ2) is 10.6. The van der Waals surface area contributed by atoms with Gasteiger partial charge < -0.3 is 15.1 Å². The number of nitrogens with one attached hydrogen (secondary N) is 1. The van der Waals surface area contributed by atoms with E-state index in [1.807, 2.05) is 54.6 Å². The molecule has 0 aromatic heterocycles. The summed E-state index contributed by atoms with van der Waals surface area (Å²) in [6.07, 6.45) is 0.